The average Bonchev–Trinajstić information content (AvgIpc) is 2.43. The third-order valence-electron chi connectivity index (χ3n) is 3.11. The lowest BCUT2D eigenvalue weighted by Crippen LogP contribution is -2.36. The van der Waals surface area contributed by atoms with Crippen molar-refractivity contribution in [3.05, 3.63) is 35.1 Å². The van der Waals surface area contributed by atoms with Gasteiger partial charge in [-0.2, -0.15) is 13.2 Å². The zero-order valence-corrected chi connectivity index (χ0v) is 11.7. The summed E-state index contributed by atoms with van der Waals surface area (Å²) in [7, 11) is 0. The first kappa shape index (κ1) is 17.5. The molecule has 0 aromatic heterocycles. The number of nitrogens with two attached hydrogens (primary N) is 1. The van der Waals surface area contributed by atoms with E-state index >= 15 is 0 Å². The molecule has 0 radical (unpaired) electrons. The summed E-state index contributed by atoms with van der Waals surface area (Å²) in [6.45, 7) is 2.01. The molecule has 0 saturated heterocycles. The SMILES string of the molecule is C#CC(CCC)NC(CN)c1ccc(F)c(C(F)(F)F)c1. The van der Waals surface area contributed by atoms with Crippen molar-refractivity contribution < 1.29 is 17.6 Å². The van der Waals surface area contributed by atoms with Crippen LogP contribution >= 0.6 is 0 Å². The van der Waals surface area contributed by atoms with Gasteiger partial charge in [-0.15, -0.1) is 6.42 Å². The van der Waals surface area contributed by atoms with Crippen molar-refractivity contribution in [2.75, 3.05) is 6.54 Å². The zero-order chi connectivity index (χ0) is 16.0. The van der Waals surface area contributed by atoms with E-state index in [2.05, 4.69) is 11.2 Å². The highest BCUT2D eigenvalue weighted by molar-refractivity contribution is 5.30. The lowest BCUT2D eigenvalue weighted by atomic mass is 10.0. The molecule has 21 heavy (non-hydrogen) atoms. The third kappa shape index (κ3) is 4.73. The van der Waals surface area contributed by atoms with Crippen molar-refractivity contribution in [2.24, 2.45) is 5.73 Å². The first-order chi connectivity index (χ1) is 9.83. The maximum atomic E-state index is 13.3. The molecule has 3 N–H and O–H groups in total. The van der Waals surface area contributed by atoms with Gasteiger partial charge in [-0.3, -0.25) is 5.32 Å². The fraction of sp³-hybridized carbons (Fsp3) is 0.467. The highest BCUT2D eigenvalue weighted by Crippen LogP contribution is 2.33. The Bertz CT molecular complexity index is 505. The minimum absolute atomic E-state index is 0.0603. The molecule has 1 rings (SSSR count). The maximum absolute atomic E-state index is 13.3. The molecule has 2 nitrogen and oxygen atoms in total. The van der Waals surface area contributed by atoms with Gasteiger partial charge in [0.25, 0.3) is 0 Å². The van der Waals surface area contributed by atoms with Crippen LogP contribution in [-0.4, -0.2) is 12.6 Å². The lowest BCUT2D eigenvalue weighted by Gasteiger charge is -2.22. The number of nitrogens with one attached hydrogen (secondary N) is 1. The van der Waals surface area contributed by atoms with Crippen LogP contribution in [-0.2, 0) is 6.18 Å². The summed E-state index contributed by atoms with van der Waals surface area (Å²) in [6.07, 6.45) is 2.14. The summed E-state index contributed by atoms with van der Waals surface area (Å²) >= 11 is 0. The van der Waals surface area contributed by atoms with Gasteiger partial charge in [0.2, 0.25) is 0 Å². The molecule has 116 valence electrons. The standard InChI is InChI=1S/C15H18F4N2/c1-3-5-11(4-2)21-14(9-20)10-6-7-13(16)12(8-10)15(17,18)19/h2,6-8,11,14,21H,3,5,9,20H2,1H3. The van der Waals surface area contributed by atoms with E-state index < -0.39 is 23.6 Å². The van der Waals surface area contributed by atoms with Crippen LogP contribution < -0.4 is 11.1 Å². The van der Waals surface area contributed by atoms with E-state index in [9.17, 15) is 17.6 Å². The molecule has 0 bridgehead atoms. The molecule has 1 aromatic carbocycles. The van der Waals surface area contributed by atoms with E-state index in [-0.39, 0.29) is 18.2 Å². The second-order valence-corrected chi connectivity index (χ2v) is 4.70. The summed E-state index contributed by atoms with van der Waals surface area (Å²) in [5.74, 6) is 1.23. The van der Waals surface area contributed by atoms with Crippen molar-refractivity contribution in [3.8, 4) is 12.3 Å². The fourth-order valence-corrected chi connectivity index (χ4v) is 2.02. The highest BCUT2D eigenvalue weighted by Gasteiger charge is 2.34. The zero-order valence-electron chi connectivity index (χ0n) is 11.7. The Morgan fingerprint density at radius 3 is 2.52 bits per heavy atom. The van der Waals surface area contributed by atoms with E-state index in [1.807, 2.05) is 6.92 Å². The third-order valence-corrected chi connectivity index (χ3v) is 3.11. The second-order valence-electron chi connectivity index (χ2n) is 4.70. The molecular weight excluding hydrogens is 284 g/mol. The predicted molar refractivity (Wildman–Crippen MR) is 73.9 cm³/mol. The molecule has 2 unspecified atom stereocenters. The predicted octanol–water partition coefficient (Wildman–Crippen LogP) is 3.24. The lowest BCUT2D eigenvalue weighted by molar-refractivity contribution is -0.140. The molecule has 0 aliphatic heterocycles. The Balaban J connectivity index is 3.04. The summed E-state index contributed by atoms with van der Waals surface area (Å²) in [5.41, 5.74) is 4.56. The number of terminal acetylenes is 1. The monoisotopic (exact) mass is 302 g/mol. The van der Waals surface area contributed by atoms with Crippen molar-refractivity contribution >= 4 is 0 Å². The first-order valence-electron chi connectivity index (χ1n) is 6.62. The molecular formula is C15H18F4N2. The van der Waals surface area contributed by atoms with Crippen molar-refractivity contribution in [1.29, 1.82) is 0 Å². The summed E-state index contributed by atoms with van der Waals surface area (Å²) < 4.78 is 51.4. The molecule has 0 aliphatic carbocycles. The molecule has 1 aromatic rings. The number of hydrogen-bond acceptors (Lipinski definition) is 2. The fourth-order valence-electron chi connectivity index (χ4n) is 2.02. The summed E-state index contributed by atoms with van der Waals surface area (Å²) in [5, 5.41) is 3.02. The highest BCUT2D eigenvalue weighted by atomic mass is 19.4. The van der Waals surface area contributed by atoms with Crippen LogP contribution in [0.15, 0.2) is 18.2 Å². The van der Waals surface area contributed by atoms with Gasteiger partial charge in [0.1, 0.15) is 5.82 Å². The number of halogens is 4. The topological polar surface area (TPSA) is 38.0 Å². The summed E-state index contributed by atoms with van der Waals surface area (Å²) in [4.78, 5) is 0. The first-order valence-corrected chi connectivity index (χ1v) is 6.62. The van der Waals surface area contributed by atoms with E-state index in [1.165, 1.54) is 6.07 Å². The smallest absolute Gasteiger partial charge is 0.329 e. The molecule has 6 heteroatoms. The van der Waals surface area contributed by atoms with E-state index in [4.69, 9.17) is 12.2 Å². The van der Waals surface area contributed by atoms with Crippen LogP contribution in [0.5, 0.6) is 0 Å². The number of hydrogen-bond donors (Lipinski definition) is 2. The van der Waals surface area contributed by atoms with Crippen LogP contribution in [0.3, 0.4) is 0 Å². The van der Waals surface area contributed by atoms with Gasteiger partial charge in [-0.05, 0) is 24.1 Å². The van der Waals surface area contributed by atoms with Gasteiger partial charge in [0.15, 0.2) is 0 Å². The molecule has 0 fully saturated rings. The van der Waals surface area contributed by atoms with Crippen molar-refractivity contribution in [3.63, 3.8) is 0 Å². The maximum Gasteiger partial charge on any atom is 0.419 e. The van der Waals surface area contributed by atoms with Crippen LogP contribution in [0.4, 0.5) is 17.6 Å². The number of alkyl halides is 3. The summed E-state index contributed by atoms with van der Waals surface area (Å²) in [6, 6.07) is 2.02. The van der Waals surface area contributed by atoms with Crippen LogP contribution in [0.25, 0.3) is 0 Å². The number of benzene rings is 1. The van der Waals surface area contributed by atoms with Gasteiger partial charge >= 0.3 is 6.18 Å². The molecule has 0 aliphatic rings. The van der Waals surface area contributed by atoms with E-state index in [0.717, 1.165) is 18.6 Å². The van der Waals surface area contributed by atoms with E-state index in [1.54, 1.807) is 0 Å². The molecule has 0 heterocycles. The minimum atomic E-state index is -4.74. The Morgan fingerprint density at radius 1 is 1.38 bits per heavy atom. The van der Waals surface area contributed by atoms with Gasteiger partial charge in [-0.1, -0.05) is 25.3 Å². The van der Waals surface area contributed by atoms with Crippen molar-refractivity contribution in [2.45, 2.75) is 38.0 Å². The Kier molecular flexibility index (Phi) is 6.19. The quantitative estimate of drug-likeness (QED) is 0.625. The molecule has 0 amide bonds. The largest absolute Gasteiger partial charge is 0.419 e. The average molecular weight is 302 g/mol. The van der Waals surface area contributed by atoms with Gasteiger partial charge in [0, 0.05) is 12.6 Å². The van der Waals surface area contributed by atoms with Crippen LogP contribution in [0, 0.1) is 18.2 Å². The Labute approximate surface area is 121 Å². The van der Waals surface area contributed by atoms with E-state index in [0.29, 0.717) is 6.42 Å². The molecule has 0 saturated carbocycles. The normalized spacial score (nSPS) is 14.5. The molecule has 2 atom stereocenters. The number of rotatable bonds is 6. The molecule has 0 spiro atoms. The Hall–Kier alpha value is -1.58. The Morgan fingerprint density at radius 2 is 2.05 bits per heavy atom. The van der Waals surface area contributed by atoms with Gasteiger partial charge in [0.05, 0.1) is 11.6 Å². The second kappa shape index (κ2) is 7.43. The van der Waals surface area contributed by atoms with Crippen LogP contribution in [0.2, 0.25) is 0 Å². The van der Waals surface area contributed by atoms with Crippen molar-refractivity contribution in [1.82, 2.24) is 5.32 Å². The van der Waals surface area contributed by atoms with Gasteiger partial charge in [-0.25, -0.2) is 4.39 Å². The van der Waals surface area contributed by atoms with Crippen LogP contribution in [0.1, 0.15) is 36.9 Å². The van der Waals surface area contributed by atoms with Gasteiger partial charge < -0.3 is 5.73 Å². The minimum Gasteiger partial charge on any atom is -0.329 e.